The monoisotopic (exact) mass is 344 g/mol. The largest absolute Gasteiger partial charge is 0.543 e. The van der Waals surface area contributed by atoms with Gasteiger partial charge >= 0.3 is 0 Å². The third-order valence-electron chi connectivity index (χ3n) is 4.13. The molecule has 126 valence electrons. The van der Waals surface area contributed by atoms with Crippen molar-refractivity contribution < 1.29 is 19.8 Å². The standard InChI is InChI=1S/C15H16N2S.C2H2O4/c1-2-6-11(7-3-1)12-10-17-13-8-4-5-9-14(13)18-15(17)16-12;3-1(4)2(5)6/h1-3,6-7,12H,4-5,8-10H2;(H,3,4)(H,5,6)/p-2. The number of rotatable bonds is 1. The lowest BCUT2D eigenvalue weighted by Crippen LogP contribution is -2.42. The van der Waals surface area contributed by atoms with Gasteiger partial charge in [-0.15, -0.1) is 0 Å². The van der Waals surface area contributed by atoms with Crippen molar-refractivity contribution in [3.8, 4) is 0 Å². The van der Waals surface area contributed by atoms with E-state index in [9.17, 15) is 0 Å². The Morgan fingerprint density at radius 2 is 1.75 bits per heavy atom. The molecule has 0 bridgehead atoms. The number of aliphatic imine (C=N–C) groups is 1. The van der Waals surface area contributed by atoms with Gasteiger partial charge in [0, 0.05) is 10.6 Å². The number of allylic oxidation sites excluding steroid dienone is 2. The zero-order valence-electron chi connectivity index (χ0n) is 12.9. The van der Waals surface area contributed by atoms with Crippen LogP contribution in [0.25, 0.3) is 0 Å². The maximum absolute atomic E-state index is 8.93. The van der Waals surface area contributed by atoms with Crippen LogP contribution in [0, 0.1) is 0 Å². The molecule has 3 aliphatic rings. The molecule has 0 saturated heterocycles. The molecular formula is C17H16N2O4S-2. The van der Waals surface area contributed by atoms with Gasteiger partial charge in [-0.1, -0.05) is 42.1 Å². The summed E-state index contributed by atoms with van der Waals surface area (Å²) in [7, 11) is 0. The van der Waals surface area contributed by atoms with E-state index in [1.54, 1.807) is 10.6 Å². The fourth-order valence-corrected chi connectivity index (χ4v) is 4.30. The van der Waals surface area contributed by atoms with E-state index in [1.165, 1.54) is 36.4 Å². The van der Waals surface area contributed by atoms with Crippen molar-refractivity contribution in [2.45, 2.75) is 31.7 Å². The molecule has 0 fully saturated rings. The maximum atomic E-state index is 8.93. The molecule has 1 atom stereocenters. The lowest BCUT2D eigenvalue weighted by Gasteiger charge is -2.21. The van der Waals surface area contributed by atoms with Gasteiger partial charge in [-0.25, -0.2) is 0 Å². The van der Waals surface area contributed by atoms with E-state index in [4.69, 9.17) is 24.8 Å². The van der Waals surface area contributed by atoms with Crippen LogP contribution >= 0.6 is 11.8 Å². The van der Waals surface area contributed by atoms with Gasteiger partial charge in [-0.05, 0) is 31.2 Å². The van der Waals surface area contributed by atoms with Crippen LogP contribution in [0.4, 0.5) is 0 Å². The van der Waals surface area contributed by atoms with Crippen molar-refractivity contribution in [1.29, 1.82) is 0 Å². The van der Waals surface area contributed by atoms with Crippen LogP contribution < -0.4 is 10.2 Å². The molecule has 24 heavy (non-hydrogen) atoms. The van der Waals surface area contributed by atoms with Crippen molar-refractivity contribution in [3.63, 3.8) is 0 Å². The molecule has 6 nitrogen and oxygen atoms in total. The minimum Gasteiger partial charge on any atom is -0.543 e. The Balaban J connectivity index is 0.000000246. The molecule has 1 unspecified atom stereocenters. The number of hydrogen-bond acceptors (Lipinski definition) is 7. The summed E-state index contributed by atoms with van der Waals surface area (Å²) in [5, 5.41) is 19.1. The Bertz CT molecular complexity index is 703. The first kappa shape index (κ1) is 16.6. The predicted molar refractivity (Wildman–Crippen MR) is 86.4 cm³/mol. The fraction of sp³-hybridized carbons (Fsp3) is 0.353. The first-order valence-electron chi connectivity index (χ1n) is 7.78. The van der Waals surface area contributed by atoms with Crippen LogP contribution in [-0.2, 0) is 9.59 Å². The first-order valence-corrected chi connectivity index (χ1v) is 8.60. The molecule has 1 aromatic rings. The fourth-order valence-electron chi connectivity index (χ4n) is 3.02. The van der Waals surface area contributed by atoms with E-state index in [1.807, 2.05) is 11.8 Å². The second-order valence-electron chi connectivity index (χ2n) is 5.70. The summed E-state index contributed by atoms with van der Waals surface area (Å²) in [5.41, 5.74) is 2.92. The van der Waals surface area contributed by atoms with Crippen LogP contribution in [0.3, 0.4) is 0 Å². The Morgan fingerprint density at radius 3 is 2.42 bits per heavy atom. The number of carbonyl (C=O) groups is 2. The van der Waals surface area contributed by atoms with E-state index < -0.39 is 11.9 Å². The SMILES string of the molecule is O=C([O-])C(=O)[O-].c1ccc(C2CN3C(=N2)SC2=C3CCCC2)cc1. The molecule has 1 aliphatic carbocycles. The number of thioether (sulfide) groups is 1. The van der Waals surface area contributed by atoms with Crippen molar-refractivity contribution in [1.82, 2.24) is 4.90 Å². The summed E-state index contributed by atoms with van der Waals surface area (Å²) in [6.45, 7) is 1.05. The molecule has 0 aromatic heterocycles. The molecule has 7 heteroatoms. The summed E-state index contributed by atoms with van der Waals surface area (Å²) >= 11 is 1.92. The normalized spacial score (nSPS) is 21.4. The minimum absolute atomic E-state index is 0.338. The molecule has 0 spiro atoms. The quantitative estimate of drug-likeness (QED) is 0.685. The van der Waals surface area contributed by atoms with E-state index in [-0.39, 0.29) is 0 Å². The van der Waals surface area contributed by atoms with E-state index in [0.717, 1.165) is 6.54 Å². The van der Waals surface area contributed by atoms with Gasteiger partial charge in [-0.3, -0.25) is 4.99 Å². The number of carboxylic acid groups (broad SMARTS) is 2. The number of aliphatic carboxylic acids is 2. The van der Waals surface area contributed by atoms with Gasteiger partial charge < -0.3 is 24.7 Å². The molecule has 2 aliphatic heterocycles. The Hall–Kier alpha value is -2.28. The zero-order valence-corrected chi connectivity index (χ0v) is 13.8. The number of nitrogens with zero attached hydrogens (tertiary/aromatic N) is 2. The van der Waals surface area contributed by atoms with Crippen molar-refractivity contribution in [2.24, 2.45) is 4.99 Å². The smallest absolute Gasteiger partial charge is 0.168 e. The summed E-state index contributed by atoms with van der Waals surface area (Å²) in [5.74, 6) is -4.37. The second kappa shape index (κ2) is 7.09. The van der Waals surface area contributed by atoms with E-state index in [2.05, 4.69) is 35.2 Å². The molecule has 0 N–H and O–H groups in total. The number of fused-ring (bicyclic) bond motifs is 2. The highest BCUT2D eigenvalue weighted by Crippen LogP contribution is 2.46. The minimum atomic E-state index is -2.19. The summed E-state index contributed by atoms with van der Waals surface area (Å²) in [6, 6.07) is 11.0. The lowest BCUT2D eigenvalue weighted by molar-refractivity contribution is -0.345. The third-order valence-corrected chi connectivity index (χ3v) is 5.33. The molecule has 0 amide bonds. The van der Waals surface area contributed by atoms with Crippen molar-refractivity contribution in [3.05, 3.63) is 46.5 Å². The predicted octanol–water partition coefficient (Wildman–Crippen LogP) is 0.418. The Kier molecular flexibility index (Phi) is 4.89. The first-order chi connectivity index (χ1) is 11.6. The number of carbonyl (C=O) groups excluding carboxylic acids is 2. The highest BCUT2D eigenvalue weighted by atomic mass is 32.2. The average molecular weight is 344 g/mol. The zero-order chi connectivity index (χ0) is 17.1. The number of benzene rings is 1. The van der Waals surface area contributed by atoms with Gasteiger partial charge in [0.1, 0.15) is 0 Å². The van der Waals surface area contributed by atoms with Gasteiger partial charge in [-0.2, -0.15) is 0 Å². The summed E-state index contributed by atoms with van der Waals surface area (Å²) in [4.78, 5) is 26.8. The van der Waals surface area contributed by atoms with Crippen LogP contribution in [0.2, 0.25) is 0 Å². The topological polar surface area (TPSA) is 95.9 Å². The number of hydrogen-bond donors (Lipinski definition) is 0. The molecule has 2 heterocycles. The highest BCUT2D eigenvalue weighted by molar-refractivity contribution is 8.17. The van der Waals surface area contributed by atoms with Crippen LogP contribution in [0.15, 0.2) is 45.9 Å². The maximum Gasteiger partial charge on any atom is 0.168 e. The van der Waals surface area contributed by atoms with Crippen LogP contribution in [0.1, 0.15) is 37.3 Å². The van der Waals surface area contributed by atoms with Crippen LogP contribution in [-0.4, -0.2) is 28.6 Å². The molecule has 1 aromatic carbocycles. The lowest BCUT2D eigenvalue weighted by atomic mass is 10.0. The molecule has 0 radical (unpaired) electrons. The Morgan fingerprint density at radius 1 is 1.08 bits per heavy atom. The average Bonchev–Trinajstić information content (AvgIpc) is 3.14. The number of amidine groups is 1. The van der Waals surface area contributed by atoms with Gasteiger partial charge in [0.15, 0.2) is 5.17 Å². The molecular weight excluding hydrogens is 328 g/mol. The van der Waals surface area contributed by atoms with E-state index in [0.29, 0.717) is 6.04 Å². The van der Waals surface area contributed by atoms with Gasteiger partial charge in [0.2, 0.25) is 0 Å². The highest BCUT2D eigenvalue weighted by Gasteiger charge is 2.36. The molecule has 4 rings (SSSR count). The van der Waals surface area contributed by atoms with Crippen LogP contribution in [0.5, 0.6) is 0 Å². The second-order valence-corrected chi connectivity index (χ2v) is 6.76. The third kappa shape index (κ3) is 3.46. The van der Waals surface area contributed by atoms with Crippen molar-refractivity contribution >= 4 is 28.9 Å². The van der Waals surface area contributed by atoms with Crippen molar-refractivity contribution in [2.75, 3.05) is 6.54 Å². The van der Waals surface area contributed by atoms with Gasteiger partial charge in [0.05, 0.1) is 24.5 Å². The molecule has 0 saturated carbocycles. The summed E-state index contributed by atoms with van der Waals surface area (Å²) in [6.07, 6.45) is 5.22. The number of carboxylic acids is 2. The Labute approximate surface area is 143 Å². The summed E-state index contributed by atoms with van der Waals surface area (Å²) < 4.78 is 0. The van der Waals surface area contributed by atoms with Gasteiger partial charge in [0.25, 0.3) is 0 Å². The van der Waals surface area contributed by atoms with E-state index >= 15 is 0 Å².